The number of phenols is 1. The van der Waals surface area contributed by atoms with Gasteiger partial charge in [-0.2, -0.15) is 0 Å². The predicted molar refractivity (Wildman–Crippen MR) is 117 cm³/mol. The molecule has 0 spiro atoms. The first-order valence-electron chi connectivity index (χ1n) is 10.7. The quantitative estimate of drug-likeness (QED) is 0.599. The van der Waals surface area contributed by atoms with Gasteiger partial charge in [-0.15, -0.1) is 0 Å². The number of nitrogens with one attached hydrogen (secondary N) is 2. The molecule has 0 bridgehead atoms. The van der Waals surface area contributed by atoms with Crippen molar-refractivity contribution in [2.24, 2.45) is 0 Å². The van der Waals surface area contributed by atoms with Crippen molar-refractivity contribution >= 4 is 28.2 Å². The van der Waals surface area contributed by atoms with E-state index >= 15 is 0 Å². The second-order valence-corrected chi connectivity index (χ2v) is 8.14. The lowest BCUT2D eigenvalue weighted by Crippen LogP contribution is -2.43. The number of hydrogen-bond acceptors (Lipinski definition) is 6. The number of hydrogen-bond donors (Lipinski definition) is 3. The number of nitrogens with zero attached hydrogens (tertiary/aromatic N) is 3. The number of rotatable bonds is 4. The van der Waals surface area contributed by atoms with E-state index in [4.69, 9.17) is 4.98 Å². The standard InChI is InChI=1S/C23H26FN5O/c24-18-13-17(6-7-19(18)29-11-9-25-10-12-29)27-23-26-14-16-5-8-20(30)21(22(16)28-23)15-3-1-2-4-15/h5-8,13-15,25,30H,1-4,9-12H2,(H,26,27,28). The SMILES string of the molecule is Oc1ccc2cnc(Nc3ccc(N4CCNCC4)c(F)c3)nc2c1C1CCCC1. The summed E-state index contributed by atoms with van der Waals surface area (Å²) in [4.78, 5) is 11.1. The van der Waals surface area contributed by atoms with Crippen LogP contribution in [0.5, 0.6) is 5.75 Å². The Morgan fingerprint density at radius 1 is 1.10 bits per heavy atom. The smallest absolute Gasteiger partial charge is 0.227 e. The Bertz CT molecular complexity index is 1060. The van der Waals surface area contributed by atoms with Gasteiger partial charge in [0, 0.05) is 49.0 Å². The maximum Gasteiger partial charge on any atom is 0.227 e. The molecular formula is C23H26FN5O. The van der Waals surface area contributed by atoms with E-state index in [1.807, 2.05) is 12.1 Å². The Balaban J connectivity index is 1.44. The van der Waals surface area contributed by atoms with Gasteiger partial charge in [0.15, 0.2) is 0 Å². The third-order valence-electron chi connectivity index (χ3n) is 6.19. The lowest BCUT2D eigenvalue weighted by Gasteiger charge is -2.29. The monoisotopic (exact) mass is 407 g/mol. The zero-order chi connectivity index (χ0) is 20.5. The van der Waals surface area contributed by atoms with Crippen LogP contribution in [0.1, 0.15) is 37.2 Å². The Morgan fingerprint density at radius 3 is 2.67 bits per heavy atom. The molecule has 3 aromatic rings. The number of aromatic nitrogens is 2. The average molecular weight is 407 g/mol. The number of halogens is 1. The molecular weight excluding hydrogens is 381 g/mol. The minimum Gasteiger partial charge on any atom is -0.508 e. The van der Waals surface area contributed by atoms with Gasteiger partial charge in [-0.25, -0.2) is 14.4 Å². The number of piperazine rings is 1. The van der Waals surface area contributed by atoms with E-state index in [1.54, 1.807) is 18.3 Å². The van der Waals surface area contributed by atoms with Gasteiger partial charge >= 0.3 is 0 Å². The van der Waals surface area contributed by atoms with Gasteiger partial charge in [0.1, 0.15) is 11.6 Å². The number of fused-ring (bicyclic) bond motifs is 1. The zero-order valence-corrected chi connectivity index (χ0v) is 16.9. The predicted octanol–water partition coefficient (Wildman–Crippen LogP) is 4.29. The van der Waals surface area contributed by atoms with Crippen LogP contribution >= 0.6 is 0 Å². The zero-order valence-electron chi connectivity index (χ0n) is 16.9. The molecule has 30 heavy (non-hydrogen) atoms. The summed E-state index contributed by atoms with van der Waals surface area (Å²) in [5.74, 6) is 0.770. The molecule has 1 aromatic heterocycles. The molecule has 2 fully saturated rings. The molecule has 0 amide bonds. The molecule has 5 rings (SSSR count). The second kappa shape index (κ2) is 8.07. The molecule has 0 unspecified atom stereocenters. The van der Waals surface area contributed by atoms with E-state index in [0.29, 0.717) is 29.0 Å². The van der Waals surface area contributed by atoms with Gasteiger partial charge in [0.25, 0.3) is 0 Å². The summed E-state index contributed by atoms with van der Waals surface area (Å²) >= 11 is 0. The summed E-state index contributed by atoms with van der Waals surface area (Å²) in [5, 5.41) is 17.8. The van der Waals surface area contributed by atoms with E-state index in [2.05, 4.69) is 20.5 Å². The molecule has 1 saturated heterocycles. The summed E-state index contributed by atoms with van der Waals surface area (Å²) in [6, 6.07) is 8.73. The number of benzene rings is 2. The van der Waals surface area contributed by atoms with Crippen molar-refractivity contribution in [1.29, 1.82) is 0 Å². The number of aromatic hydroxyl groups is 1. The molecule has 1 saturated carbocycles. The first-order chi connectivity index (χ1) is 14.7. The van der Waals surface area contributed by atoms with Crippen molar-refractivity contribution in [2.75, 3.05) is 36.4 Å². The fourth-order valence-corrected chi connectivity index (χ4v) is 4.66. The first kappa shape index (κ1) is 19.1. The van der Waals surface area contributed by atoms with Crippen LogP contribution in [0.3, 0.4) is 0 Å². The van der Waals surface area contributed by atoms with E-state index in [1.165, 1.54) is 18.9 Å². The largest absolute Gasteiger partial charge is 0.508 e. The topological polar surface area (TPSA) is 73.3 Å². The fourth-order valence-electron chi connectivity index (χ4n) is 4.66. The summed E-state index contributed by atoms with van der Waals surface area (Å²) < 4.78 is 14.7. The molecule has 2 aromatic carbocycles. The first-order valence-corrected chi connectivity index (χ1v) is 10.7. The minimum absolute atomic E-state index is 0.257. The van der Waals surface area contributed by atoms with Gasteiger partial charge in [-0.1, -0.05) is 12.8 Å². The molecule has 3 N–H and O–H groups in total. The number of phenolic OH excluding ortho intramolecular Hbond substituents is 1. The van der Waals surface area contributed by atoms with Gasteiger partial charge in [-0.3, -0.25) is 0 Å². The Hall–Kier alpha value is -2.93. The van der Waals surface area contributed by atoms with Crippen molar-refractivity contribution in [3.05, 3.63) is 47.9 Å². The van der Waals surface area contributed by atoms with Gasteiger partial charge in [0.2, 0.25) is 5.95 Å². The third-order valence-corrected chi connectivity index (χ3v) is 6.19. The number of anilines is 3. The molecule has 6 nitrogen and oxygen atoms in total. The lowest BCUT2D eigenvalue weighted by atomic mass is 9.94. The van der Waals surface area contributed by atoms with Crippen LogP contribution in [0, 0.1) is 5.82 Å². The maximum absolute atomic E-state index is 14.7. The van der Waals surface area contributed by atoms with E-state index in [-0.39, 0.29) is 5.82 Å². The molecule has 0 radical (unpaired) electrons. The van der Waals surface area contributed by atoms with Crippen molar-refractivity contribution in [2.45, 2.75) is 31.6 Å². The highest BCUT2D eigenvalue weighted by Gasteiger charge is 2.23. The van der Waals surface area contributed by atoms with Gasteiger partial charge < -0.3 is 20.6 Å². The molecule has 1 aliphatic carbocycles. The highest BCUT2D eigenvalue weighted by molar-refractivity contribution is 5.85. The second-order valence-electron chi connectivity index (χ2n) is 8.14. The lowest BCUT2D eigenvalue weighted by molar-refractivity contribution is 0.462. The Labute approximate surface area is 175 Å². The third kappa shape index (κ3) is 3.65. The minimum atomic E-state index is -0.257. The van der Waals surface area contributed by atoms with Crippen LogP contribution in [0.4, 0.5) is 21.7 Å². The van der Waals surface area contributed by atoms with Gasteiger partial charge in [0.05, 0.1) is 11.2 Å². The fraction of sp³-hybridized carbons (Fsp3) is 0.391. The highest BCUT2D eigenvalue weighted by atomic mass is 19.1. The van der Waals surface area contributed by atoms with E-state index in [9.17, 15) is 9.50 Å². The summed E-state index contributed by atoms with van der Waals surface area (Å²) in [6.07, 6.45) is 6.25. The van der Waals surface area contributed by atoms with Crippen LogP contribution < -0.4 is 15.5 Å². The van der Waals surface area contributed by atoms with Crippen molar-refractivity contribution < 1.29 is 9.50 Å². The van der Waals surface area contributed by atoms with E-state index in [0.717, 1.165) is 55.5 Å². The van der Waals surface area contributed by atoms with Gasteiger partial charge in [-0.05, 0) is 49.1 Å². The van der Waals surface area contributed by atoms with E-state index < -0.39 is 0 Å². The Morgan fingerprint density at radius 2 is 1.90 bits per heavy atom. The average Bonchev–Trinajstić information content (AvgIpc) is 3.29. The van der Waals surface area contributed by atoms with Crippen LogP contribution in [0.15, 0.2) is 36.5 Å². The van der Waals surface area contributed by atoms with Crippen molar-refractivity contribution in [1.82, 2.24) is 15.3 Å². The molecule has 156 valence electrons. The molecule has 2 heterocycles. The van der Waals surface area contributed by atoms with Crippen molar-refractivity contribution in [3.63, 3.8) is 0 Å². The normalized spacial score (nSPS) is 17.6. The van der Waals surface area contributed by atoms with Crippen LogP contribution in [0.25, 0.3) is 10.9 Å². The maximum atomic E-state index is 14.7. The molecule has 7 heteroatoms. The van der Waals surface area contributed by atoms with Crippen LogP contribution in [0.2, 0.25) is 0 Å². The van der Waals surface area contributed by atoms with Crippen LogP contribution in [-0.4, -0.2) is 41.3 Å². The summed E-state index contributed by atoms with van der Waals surface area (Å²) in [6.45, 7) is 3.32. The summed E-state index contributed by atoms with van der Waals surface area (Å²) in [5.41, 5.74) is 2.91. The van der Waals surface area contributed by atoms with Crippen LogP contribution in [-0.2, 0) is 0 Å². The highest BCUT2D eigenvalue weighted by Crippen LogP contribution is 2.41. The molecule has 0 atom stereocenters. The Kier molecular flexibility index (Phi) is 5.12. The summed E-state index contributed by atoms with van der Waals surface area (Å²) in [7, 11) is 0. The molecule has 1 aliphatic heterocycles. The van der Waals surface area contributed by atoms with Crippen molar-refractivity contribution in [3.8, 4) is 5.75 Å². The molecule has 2 aliphatic rings.